The van der Waals surface area contributed by atoms with Gasteiger partial charge in [-0.05, 0) is 36.2 Å². The molecule has 0 heterocycles. The Kier molecular flexibility index (Phi) is 5.18. The van der Waals surface area contributed by atoms with Crippen LogP contribution >= 0.6 is 0 Å². The van der Waals surface area contributed by atoms with Crippen molar-refractivity contribution < 1.29 is 13.2 Å². The van der Waals surface area contributed by atoms with Crippen molar-refractivity contribution in [2.45, 2.75) is 18.2 Å². The molecule has 0 atom stereocenters. The minimum absolute atomic E-state index is 0.0962. The Hall–Kier alpha value is -2.18. The summed E-state index contributed by atoms with van der Waals surface area (Å²) in [4.78, 5) is 12.5. The quantitative estimate of drug-likeness (QED) is 0.915. The normalized spacial score (nSPS) is 11.5. The molecule has 2 rings (SSSR count). The molecule has 0 aliphatic carbocycles. The zero-order valence-electron chi connectivity index (χ0n) is 13.4. The van der Waals surface area contributed by atoms with Crippen molar-refractivity contribution in [3.63, 3.8) is 0 Å². The Morgan fingerprint density at radius 2 is 1.78 bits per heavy atom. The third-order valence-corrected chi connectivity index (χ3v) is 5.33. The summed E-state index contributed by atoms with van der Waals surface area (Å²) in [7, 11) is -0.649. The van der Waals surface area contributed by atoms with Crippen LogP contribution in [0.5, 0.6) is 0 Å². The summed E-state index contributed by atoms with van der Waals surface area (Å²) in [5, 5.41) is 2.84. The molecule has 0 aliphatic rings. The van der Waals surface area contributed by atoms with Crippen LogP contribution in [0, 0.1) is 0 Å². The highest BCUT2D eigenvalue weighted by atomic mass is 32.2. The Labute approximate surface area is 137 Å². The number of para-hydroxylation sites is 1. The van der Waals surface area contributed by atoms with Crippen LogP contribution < -0.4 is 5.32 Å². The van der Waals surface area contributed by atoms with Crippen LogP contribution in [0.1, 0.15) is 22.8 Å². The molecule has 0 aliphatic heterocycles. The van der Waals surface area contributed by atoms with Crippen LogP contribution in [0.4, 0.5) is 5.69 Å². The molecule has 1 N–H and O–H groups in total. The van der Waals surface area contributed by atoms with Gasteiger partial charge in [-0.2, -0.15) is 0 Å². The minimum Gasteiger partial charge on any atom is -0.322 e. The second-order valence-corrected chi connectivity index (χ2v) is 7.43. The molecule has 122 valence electrons. The van der Waals surface area contributed by atoms with E-state index in [1.54, 1.807) is 12.1 Å². The lowest BCUT2D eigenvalue weighted by atomic mass is 10.1. The largest absolute Gasteiger partial charge is 0.322 e. The van der Waals surface area contributed by atoms with E-state index in [-0.39, 0.29) is 10.8 Å². The van der Waals surface area contributed by atoms with Crippen LogP contribution in [-0.4, -0.2) is 32.7 Å². The van der Waals surface area contributed by atoms with Gasteiger partial charge in [0.15, 0.2) is 0 Å². The molecule has 5 nitrogen and oxygen atoms in total. The summed E-state index contributed by atoms with van der Waals surface area (Å²) in [6, 6.07) is 13.6. The van der Waals surface area contributed by atoms with Gasteiger partial charge in [-0.3, -0.25) is 4.79 Å². The smallest absolute Gasteiger partial charge is 0.255 e. The fraction of sp³-hybridized carbons (Fsp3) is 0.235. The number of hydrogen-bond donors (Lipinski definition) is 1. The molecular formula is C17H20N2O3S. The molecule has 0 fully saturated rings. The van der Waals surface area contributed by atoms with Gasteiger partial charge >= 0.3 is 0 Å². The van der Waals surface area contributed by atoms with Crippen molar-refractivity contribution in [3.05, 3.63) is 59.7 Å². The molecule has 0 spiro atoms. The Bertz CT molecular complexity index is 814. The van der Waals surface area contributed by atoms with Crippen molar-refractivity contribution >= 4 is 21.6 Å². The molecule has 23 heavy (non-hydrogen) atoms. The van der Waals surface area contributed by atoms with Gasteiger partial charge in [-0.15, -0.1) is 0 Å². The van der Waals surface area contributed by atoms with Gasteiger partial charge in [0.1, 0.15) is 0 Å². The van der Waals surface area contributed by atoms with Crippen LogP contribution in [0.2, 0.25) is 0 Å². The summed E-state index contributed by atoms with van der Waals surface area (Å²) >= 11 is 0. The van der Waals surface area contributed by atoms with Crippen molar-refractivity contribution in [3.8, 4) is 0 Å². The number of nitrogens with one attached hydrogen (secondary N) is 1. The van der Waals surface area contributed by atoms with Crippen LogP contribution in [0.25, 0.3) is 0 Å². The van der Waals surface area contributed by atoms with Gasteiger partial charge in [0.2, 0.25) is 10.0 Å². The summed E-state index contributed by atoms with van der Waals surface area (Å²) in [5.41, 5.74) is 2.07. The second kappa shape index (κ2) is 6.93. The molecule has 0 aromatic heterocycles. The van der Waals surface area contributed by atoms with Gasteiger partial charge in [0, 0.05) is 25.3 Å². The maximum atomic E-state index is 12.4. The third-order valence-electron chi connectivity index (χ3n) is 3.52. The van der Waals surface area contributed by atoms with Crippen molar-refractivity contribution in [2.24, 2.45) is 0 Å². The van der Waals surface area contributed by atoms with Crippen molar-refractivity contribution in [2.75, 3.05) is 19.4 Å². The second-order valence-electron chi connectivity index (χ2n) is 5.28. The van der Waals surface area contributed by atoms with E-state index in [0.717, 1.165) is 22.0 Å². The summed E-state index contributed by atoms with van der Waals surface area (Å²) in [5.74, 6) is -0.332. The number of aryl methyl sites for hydroxylation is 1. The highest BCUT2D eigenvalue weighted by Crippen LogP contribution is 2.19. The summed E-state index contributed by atoms with van der Waals surface area (Å²) in [6.45, 7) is 2.01. The van der Waals surface area contributed by atoms with E-state index in [1.807, 2.05) is 31.2 Å². The van der Waals surface area contributed by atoms with Gasteiger partial charge in [0.25, 0.3) is 5.91 Å². The standard InChI is InChI=1S/C17H20N2O3S/c1-4-13-8-5-6-11-16(13)18-17(20)14-9-7-10-15(12-14)23(21,22)19(2)3/h5-12H,4H2,1-3H3,(H,18,20). The first-order valence-electron chi connectivity index (χ1n) is 7.28. The van der Waals surface area contributed by atoms with Crippen molar-refractivity contribution in [1.82, 2.24) is 4.31 Å². The van der Waals surface area contributed by atoms with E-state index in [4.69, 9.17) is 0 Å². The van der Waals surface area contributed by atoms with E-state index in [0.29, 0.717) is 5.56 Å². The first kappa shape index (κ1) is 17.2. The molecule has 0 bridgehead atoms. The molecule has 0 saturated carbocycles. The molecule has 2 aromatic carbocycles. The first-order valence-corrected chi connectivity index (χ1v) is 8.72. The maximum absolute atomic E-state index is 12.4. The van der Waals surface area contributed by atoms with Gasteiger partial charge in [-0.1, -0.05) is 31.2 Å². The summed E-state index contributed by atoms with van der Waals surface area (Å²) in [6.07, 6.45) is 0.797. The number of sulfonamides is 1. The van der Waals surface area contributed by atoms with Crippen LogP contribution in [0.15, 0.2) is 53.4 Å². The fourth-order valence-corrected chi connectivity index (χ4v) is 3.10. The third kappa shape index (κ3) is 3.78. The lowest BCUT2D eigenvalue weighted by Crippen LogP contribution is -2.22. The zero-order valence-corrected chi connectivity index (χ0v) is 14.2. The van der Waals surface area contributed by atoms with E-state index in [2.05, 4.69) is 5.32 Å². The van der Waals surface area contributed by atoms with Crippen LogP contribution in [0.3, 0.4) is 0 Å². The molecule has 1 amide bonds. The molecule has 6 heteroatoms. The lowest BCUT2D eigenvalue weighted by molar-refractivity contribution is 0.102. The number of anilines is 1. The molecule has 0 radical (unpaired) electrons. The fourth-order valence-electron chi connectivity index (χ4n) is 2.15. The summed E-state index contributed by atoms with van der Waals surface area (Å²) < 4.78 is 25.4. The number of nitrogens with zero attached hydrogens (tertiary/aromatic N) is 1. The minimum atomic E-state index is -3.57. The number of carbonyl (C=O) groups excluding carboxylic acids is 1. The van der Waals surface area contributed by atoms with E-state index in [1.165, 1.54) is 26.2 Å². The highest BCUT2D eigenvalue weighted by molar-refractivity contribution is 7.89. The van der Waals surface area contributed by atoms with Gasteiger partial charge < -0.3 is 5.32 Å². The van der Waals surface area contributed by atoms with Crippen molar-refractivity contribution in [1.29, 1.82) is 0 Å². The Morgan fingerprint density at radius 1 is 1.09 bits per heavy atom. The molecule has 0 unspecified atom stereocenters. The Morgan fingerprint density at radius 3 is 2.43 bits per heavy atom. The van der Waals surface area contributed by atoms with Crippen LogP contribution in [-0.2, 0) is 16.4 Å². The van der Waals surface area contributed by atoms with E-state index < -0.39 is 10.0 Å². The number of hydrogen-bond acceptors (Lipinski definition) is 3. The van der Waals surface area contributed by atoms with E-state index >= 15 is 0 Å². The number of carbonyl (C=O) groups is 1. The highest BCUT2D eigenvalue weighted by Gasteiger charge is 2.19. The zero-order chi connectivity index (χ0) is 17.0. The average molecular weight is 332 g/mol. The lowest BCUT2D eigenvalue weighted by Gasteiger charge is -2.13. The number of benzene rings is 2. The van der Waals surface area contributed by atoms with Gasteiger partial charge in [-0.25, -0.2) is 12.7 Å². The number of amides is 1. The predicted molar refractivity (Wildman–Crippen MR) is 91.1 cm³/mol. The molecular weight excluding hydrogens is 312 g/mol. The monoisotopic (exact) mass is 332 g/mol. The topological polar surface area (TPSA) is 66.5 Å². The molecule has 2 aromatic rings. The maximum Gasteiger partial charge on any atom is 0.255 e. The number of rotatable bonds is 5. The predicted octanol–water partition coefficient (Wildman–Crippen LogP) is 2.75. The van der Waals surface area contributed by atoms with Gasteiger partial charge in [0.05, 0.1) is 4.90 Å². The first-order chi connectivity index (χ1) is 10.9. The van der Waals surface area contributed by atoms with E-state index in [9.17, 15) is 13.2 Å². The Balaban J connectivity index is 2.31. The molecule has 0 saturated heterocycles. The average Bonchev–Trinajstić information content (AvgIpc) is 2.55. The SMILES string of the molecule is CCc1ccccc1NC(=O)c1cccc(S(=O)(=O)N(C)C)c1.